The van der Waals surface area contributed by atoms with Crippen LogP contribution in [0.25, 0.3) is 5.69 Å². The molecule has 1 saturated heterocycles. The van der Waals surface area contributed by atoms with E-state index in [2.05, 4.69) is 10.3 Å². The minimum Gasteiger partial charge on any atom is -0.337 e. The predicted molar refractivity (Wildman–Crippen MR) is 107 cm³/mol. The van der Waals surface area contributed by atoms with Gasteiger partial charge in [-0.3, -0.25) is 14.6 Å². The number of nitrogens with one attached hydrogen (secondary N) is 1. The predicted octanol–water partition coefficient (Wildman–Crippen LogP) is 3.50. The minimum absolute atomic E-state index is 0.0668. The van der Waals surface area contributed by atoms with E-state index in [1.807, 2.05) is 29.0 Å². The largest absolute Gasteiger partial charge is 0.337 e. The number of hydrogen-bond acceptors (Lipinski definition) is 3. The Labute approximate surface area is 168 Å². The van der Waals surface area contributed by atoms with Crippen LogP contribution in [0.15, 0.2) is 67.1 Å². The van der Waals surface area contributed by atoms with Gasteiger partial charge in [-0.15, -0.1) is 0 Å². The minimum atomic E-state index is -0.389. The second kappa shape index (κ2) is 8.26. The zero-order chi connectivity index (χ0) is 20.2. The summed E-state index contributed by atoms with van der Waals surface area (Å²) in [4.78, 5) is 31.4. The van der Waals surface area contributed by atoms with Crippen molar-refractivity contribution in [1.29, 1.82) is 0 Å². The first-order chi connectivity index (χ1) is 14.1. The van der Waals surface area contributed by atoms with Crippen LogP contribution >= 0.6 is 0 Å². The molecule has 2 aromatic heterocycles. The maximum Gasteiger partial charge on any atom is 0.270 e. The number of anilines is 1. The van der Waals surface area contributed by atoms with Crippen LogP contribution in [0, 0.1) is 11.7 Å². The van der Waals surface area contributed by atoms with Crippen molar-refractivity contribution in [2.24, 2.45) is 5.92 Å². The zero-order valence-corrected chi connectivity index (χ0v) is 15.8. The number of likely N-dealkylation sites (tertiary alicyclic amines) is 1. The van der Waals surface area contributed by atoms with Gasteiger partial charge in [0.25, 0.3) is 5.91 Å². The molecule has 1 aromatic carbocycles. The number of benzene rings is 1. The first kappa shape index (κ1) is 18.9. The number of piperidine rings is 1. The molecule has 4 rings (SSSR count). The van der Waals surface area contributed by atoms with E-state index in [-0.39, 0.29) is 23.5 Å². The van der Waals surface area contributed by atoms with E-state index in [0.29, 0.717) is 37.3 Å². The number of hydrogen-bond donors (Lipinski definition) is 1. The van der Waals surface area contributed by atoms with Crippen LogP contribution in [-0.4, -0.2) is 39.4 Å². The summed E-state index contributed by atoms with van der Waals surface area (Å²) in [5.41, 5.74) is 1.84. The highest BCUT2D eigenvalue weighted by Gasteiger charge is 2.29. The van der Waals surface area contributed by atoms with Gasteiger partial charge in [0.1, 0.15) is 11.5 Å². The first-order valence-corrected chi connectivity index (χ1v) is 9.55. The van der Waals surface area contributed by atoms with Crippen molar-refractivity contribution < 1.29 is 14.0 Å². The van der Waals surface area contributed by atoms with Gasteiger partial charge in [-0.25, -0.2) is 4.39 Å². The van der Waals surface area contributed by atoms with Crippen LogP contribution in [0.4, 0.5) is 10.1 Å². The highest BCUT2D eigenvalue weighted by Crippen LogP contribution is 2.22. The molecule has 3 aromatic rings. The molecule has 0 saturated carbocycles. The van der Waals surface area contributed by atoms with Crippen molar-refractivity contribution in [3.63, 3.8) is 0 Å². The molecular weight excluding hydrogens is 371 g/mol. The molecule has 29 heavy (non-hydrogen) atoms. The maximum atomic E-state index is 13.3. The number of pyridine rings is 1. The number of rotatable bonds is 4. The quantitative estimate of drug-likeness (QED) is 0.739. The fraction of sp³-hybridized carbons (Fsp3) is 0.227. The third-order valence-corrected chi connectivity index (χ3v) is 5.14. The Hall–Kier alpha value is -3.48. The fourth-order valence-electron chi connectivity index (χ4n) is 3.59. The zero-order valence-electron chi connectivity index (χ0n) is 15.8. The Kier molecular flexibility index (Phi) is 5.37. The number of carbonyl (C=O) groups excluding carboxylic acids is 2. The van der Waals surface area contributed by atoms with Gasteiger partial charge < -0.3 is 14.8 Å². The van der Waals surface area contributed by atoms with Crippen LogP contribution in [-0.2, 0) is 4.79 Å². The molecule has 148 valence electrons. The molecule has 0 spiro atoms. The summed E-state index contributed by atoms with van der Waals surface area (Å²) in [5.74, 6) is -0.795. The summed E-state index contributed by atoms with van der Waals surface area (Å²) >= 11 is 0. The van der Waals surface area contributed by atoms with E-state index in [9.17, 15) is 14.0 Å². The van der Waals surface area contributed by atoms with Crippen LogP contribution in [0.5, 0.6) is 0 Å². The summed E-state index contributed by atoms with van der Waals surface area (Å²) in [6, 6.07) is 13.2. The smallest absolute Gasteiger partial charge is 0.270 e. The molecule has 7 heteroatoms. The topological polar surface area (TPSA) is 67.2 Å². The van der Waals surface area contributed by atoms with Crippen molar-refractivity contribution in [3.05, 3.63) is 78.6 Å². The van der Waals surface area contributed by atoms with Gasteiger partial charge in [-0.2, -0.15) is 0 Å². The molecule has 0 bridgehead atoms. The maximum absolute atomic E-state index is 13.3. The molecule has 0 radical (unpaired) electrons. The third-order valence-electron chi connectivity index (χ3n) is 5.14. The van der Waals surface area contributed by atoms with Gasteiger partial charge in [0.15, 0.2) is 0 Å². The summed E-state index contributed by atoms with van der Waals surface area (Å²) in [5, 5.41) is 2.76. The third kappa shape index (κ3) is 4.18. The lowest BCUT2D eigenvalue weighted by Gasteiger charge is -2.31. The number of carbonyl (C=O) groups is 2. The van der Waals surface area contributed by atoms with E-state index in [1.54, 1.807) is 35.5 Å². The second-order valence-corrected chi connectivity index (χ2v) is 7.04. The van der Waals surface area contributed by atoms with Gasteiger partial charge in [0.2, 0.25) is 5.91 Å². The van der Waals surface area contributed by atoms with Gasteiger partial charge in [0.05, 0.1) is 11.9 Å². The van der Waals surface area contributed by atoms with E-state index < -0.39 is 0 Å². The summed E-state index contributed by atoms with van der Waals surface area (Å²) in [7, 11) is 0. The first-order valence-electron chi connectivity index (χ1n) is 9.55. The van der Waals surface area contributed by atoms with Crippen molar-refractivity contribution in [2.75, 3.05) is 18.4 Å². The lowest BCUT2D eigenvalue weighted by molar-refractivity contribution is -0.121. The average Bonchev–Trinajstić information content (AvgIpc) is 3.24. The van der Waals surface area contributed by atoms with Crippen LogP contribution in [0.2, 0.25) is 0 Å². The van der Waals surface area contributed by atoms with E-state index in [4.69, 9.17) is 0 Å². The van der Waals surface area contributed by atoms with Crippen LogP contribution in [0.3, 0.4) is 0 Å². The van der Waals surface area contributed by atoms with Crippen LogP contribution < -0.4 is 5.32 Å². The molecule has 0 unspecified atom stereocenters. The highest BCUT2D eigenvalue weighted by atomic mass is 19.1. The lowest BCUT2D eigenvalue weighted by Crippen LogP contribution is -2.42. The molecule has 3 heterocycles. The number of amides is 2. The molecule has 6 nitrogen and oxygen atoms in total. The fourth-order valence-corrected chi connectivity index (χ4v) is 3.59. The Morgan fingerprint density at radius 2 is 1.90 bits per heavy atom. The molecule has 1 fully saturated rings. The molecule has 0 aliphatic carbocycles. The standard InChI is InChI=1S/C22H21FN4O2/c23-17-4-1-5-18(14-17)25-21(28)16-8-12-26(13-9-16)22(29)20-7-3-11-27(20)19-6-2-10-24-15-19/h1-7,10-11,14-16H,8-9,12-13H2,(H,25,28). The van der Waals surface area contributed by atoms with Gasteiger partial charge in [-0.05, 0) is 55.3 Å². The number of halogens is 1. The Balaban J connectivity index is 1.38. The Bertz CT molecular complexity index is 1010. The van der Waals surface area contributed by atoms with E-state index in [1.165, 1.54) is 12.1 Å². The summed E-state index contributed by atoms with van der Waals surface area (Å²) < 4.78 is 15.1. The van der Waals surface area contributed by atoms with E-state index >= 15 is 0 Å². The summed E-state index contributed by atoms with van der Waals surface area (Å²) in [6.45, 7) is 0.997. The number of nitrogens with zero attached hydrogens (tertiary/aromatic N) is 3. The monoisotopic (exact) mass is 392 g/mol. The van der Waals surface area contributed by atoms with Crippen molar-refractivity contribution >= 4 is 17.5 Å². The number of aromatic nitrogens is 2. The highest BCUT2D eigenvalue weighted by molar-refractivity contribution is 5.95. The van der Waals surface area contributed by atoms with E-state index in [0.717, 1.165) is 5.69 Å². The Morgan fingerprint density at radius 3 is 2.62 bits per heavy atom. The molecule has 1 N–H and O–H groups in total. The van der Waals surface area contributed by atoms with Gasteiger partial charge >= 0.3 is 0 Å². The summed E-state index contributed by atoms with van der Waals surface area (Å²) in [6.07, 6.45) is 6.37. The second-order valence-electron chi connectivity index (χ2n) is 7.04. The van der Waals surface area contributed by atoms with Crippen molar-refractivity contribution in [3.8, 4) is 5.69 Å². The van der Waals surface area contributed by atoms with Gasteiger partial charge in [-0.1, -0.05) is 6.07 Å². The molecule has 0 atom stereocenters. The lowest BCUT2D eigenvalue weighted by atomic mass is 9.95. The van der Waals surface area contributed by atoms with Crippen molar-refractivity contribution in [1.82, 2.24) is 14.5 Å². The molecule has 1 aliphatic heterocycles. The van der Waals surface area contributed by atoms with Crippen LogP contribution in [0.1, 0.15) is 23.3 Å². The molecular formula is C22H21FN4O2. The molecule has 1 aliphatic rings. The van der Waals surface area contributed by atoms with Crippen molar-refractivity contribution in [2.45, 2.75) is 12.8 Å². The van der Waals surface area contributed by atoms with Gasteiger partial charge in [0, 0.05) is 37.1 Å². The average molecular weight is 392 g/mol. The SMILES string of the molecule is O=C(Nc1cccc(F)c1)C1CCN(C(=O)c2cccn2-c2cccnc2)CC1. The normalized spacial score (nSPS) is 14.6. The Morgan fingerprint density at radius 1 is 1.07 bits per heavy atom. The molecule has 2 amide bonds.